The number of aromatic nitrogens is 3. The van der Waals surface area contributed by atoms with Gasteiger partial charge < -0.3 is 4.74 Å². The maximum Gasteiger partial charge on any atom is 0.339 e. The molecule has 1 aromatic rings. The van der Waals surface area contributed by atoms with E-state index in [1.54, 1.807) is 0 Å². The summed E-state index contributed by atoms with van der Waals surface area (Å²) in [5, 5.41) is 0. The molecule has 0 unspecified atom stereocenters. The molecule has 8 nitrogen and oxygen atoms in total. The number of esters is 1. The molecule has 0 aliphatic heterocycles. The maximum absolute atomic E-state index is 12.2. The van der Waals surface area contributed by atoms with Crippen molar-refractivity contribution in [2.24, 2.45) is 0 Å². The van der Waals surface area contributed by atoms with Gasteiger partial charge in [0.25, 0.3) is 0 Å². The van der Waals surface area contributed by atoms with E-state index in [0.717, 1.165) is 13.7 Å². The van der Waals surface area contributed by atoms with E-state index in [0.29, 0.717) is 12.8 Å². The topological polar surface area (TPSA) is 92.3 Å². The Bertz CT molecular complexity index is 694. The third kappa shape index (κ3) is 3.63. The molecular formula is C14H21N3O5. The van der Waals surface area contributed by atoms with E-state index >= 15 is 0 Å². The number of carbonyl (C=O) groups is 1. The van der Waals surface area contributed by atoms with E-state index in [9.17, 15) is 19.2 Å². The summed E-state index contributed by atoms with van der Waals surface area (Å²) >= 11 is 0. The lowest BCUT2D eigenvalue weighted by Crippen LogP contribution is -2.54. The fraction of sp³-hybridized carbons (Fsp3) is 0.571. The van der Waals surface area contributed by atoms with Gasteiger partial charge in [0.2, 0.25) is 0 Å². The second kappa shape index (κ2) is 7.58. The predicted molar refractivity (Wildman–Crippen MR) is 80.7 cm³/mol. The van der Waals surface area contributed by atoms with Crippen molar-refractivity contribution in [1.82, 2.24) is 13.7 Å². The van der Waals surface area contributed by atoms with E-state index in [2.05, 4.69) is 6.58 Å². The minimum absolute atomic E-state index is 0.156. The molecule has 0 aliphatic rings. The Kier molecular flexibility index (Phi) is 6.09. The summed E-state index contributed by atoms with van der Waals surface area (Å²) in [5.41, 5.74) is -2.04. The molecule has 1 rings (SSSR count). The summed E-state index contributed by atoms with van der Waals surface area (Å²) < 4.78 is 7.55. The number of ether oxygens (including phenoxy) is 1. The van der Waals surface area contributed by atoms with Crippen LogP contribution >= 0.6 is 0 Å². The summed E-state index contributed by atoms with van der Waals surface area (Å²) in [6, 6.07) is 0. The van der Waals surface area contributed by atoms with E-state index in [1.807, 2.05) is 13.8 Å². The largest absolute Gasteiger partial charge is 0.440 e. The number of nitrogens with zero attached hydrogens (tertiary/aromatic N) is 3. The molecule has 8 heteroatoms. The highest BCUT2D eigenvalue weighted by atomic mass is 16.5. The first-order valence-electron chi connectivity index (χ1n) is 7.12. The fourth-order valence-corrected chi connectivity index (χ4v) is 1.87. The molecule has 0 aliphatic carbocycles. The van der Waals surface area contributed by atoms with E-state index in [-0.39, 0.29) is 18.7 Å². The van der Waals surface area contributed by atoms with Gasteiger partial charge in [0.15, 0.2) is 6.73 Å². The molecule has 0 fully saturated rings. The van der Waals surface area contributed by atoms with Gasteiger partial charge in [0, 0.05) is 18.7 Å². The van der Waals surface area contributed by atoms with Gasteiger partial charge in [-0.2, -0.15) is 0 Å². The average molecular weight is 311 g/mol. The zero-order valence-corrected chi connectivity index (χ0v) is 13.1. The van der Waals surface area contributed by atoms with E-state index in [1.165, 1.54) is 6.92 Å². The zero-order chi connectivity index (χ0) is 16.9. The third-order valence-corrected chi connectivity index (χ3v) is 2.95. The van der Waals surface area contributed by atoms with Crippen LogP contribution in [0.1, 0.15) is 33.6 Å². The van der Waals surface area contributed by atoms with Gasteiger partial charge in [-0.3, -0.25) is 0 Å². The van der Waals surface area contributed by atoms with E-state index in [4.69, 9.17) is 4.74 Å². The minimum atomic E-state index is -0.779. The Morgan fingerprint density at radius 3 is 1.73 bits per heavy atom. The number of hydrogen-bond acceptors (Lipinski definition) is 5. The average Bonchev–Trinajstić information content (AvgIpc) is 2.47. The summed E-state index contributed by atoms with van der Waals surface area (Å²) in [6.07, 6.45) is 1.12. The minimum Gasteiger partial charge on any atom is -0.440 e. The Morgan fingerprint density at radius 1 is 0.955 bits per heavy atom. The lowest BCUT2D eigenvalue weighted by atomic mass is 10.4. The van der Waals surface area contributed by atoms with Gasteiger partial charge in [-0.05, 0) is 19.8 Å². The Balaban J connectivity index is 3.40. The van der Waals surface area contributed by atoms with Crippen LogP contribution in [-0.2, 0) is 29.4 Å². The van der Waals surface area contributed by atoms with Crippen LogP contribution in [0.15, 0.2) is 26.5 Å². The van der Waals surface area contributed by atoms with Crippen molar-refractivity contribution >= 4 is 5.97 Å². The normalized spacial score (nSPS) is 10.5. The first-order chi connectivity index (χ1) is 10.3. The van der Waals surface area contributed by atoms with Gasteiger partial charge in [0.1, 0.15) is 0 Å². The third-order valence-electron chi connectivity index (χ3n) is 2.95. The van der Waals surface area contributed by atoms with Crippen LogP contribution in [-0.4, -0.2) is 19.7 Å². The number of carbonyl (C=O) groups excluding carboxylic acids is 1. The van der Waals surface area contributed by atoms with Crippen molar-refractivity contribution in [2.75, 3.05) is 0 Å². The molecule has 0 aromatic carbocycles. The highest BCUT2D eigenvalue weighted by molar-refractivity contribution is 5.86. The van der Waals surface area contributed by atoms with Crippen LogP contribution in [0.3, 0.4) is 0 Å². The monoisotopic (exact) mass is 311 g/mol. The van der Waals surface area contributed by atoms with Crippen molar-refractivity contribution in [3.05, 3.63) is 43.6 Å². The number of rotatable bonds is 7. The Morgan fingerprint density at radius 2 is 1.36 bits per heavy atom. The summed E-state index contributed by atoms with van der Waals surface area (Å²) in [4.78, 5) is 48.1. The van der Waals surface area contributed by atoms with Crippen molar-refractivity contribution in [3.8, 4) is 0 Å². The van der Waals surface area contributed by atoms with Gasteiger partial charge >= 0.3 is 23.0 Å². The molecule has 1 aromatic heterocycles. The summed E-state index contributed by atoms with van der Waals surface area (Å²) in [7, 11) is 0. The van der Waals surface area contributed by atoms with Gasteiger partial charge in [-0.15, -0.1) is 0 Å². The second-order valence-electron chi connectivity index (χ2n) is 4.92. The molecule has 22 heavy (non-hydrogen) atoms. The fourth-order valence-electron chi connectivity index (χ4n) is 1.87. The van der Waals surface area contributed by atoms with Gasteiger partial charge in [0.05, 0.1) is 0 Å². The lowest BCUT2D eigenvalue weighted by molar-refractivity contribution is -0.143. The van der Waals surface area contributed by atoms with Crippen LogP contribution < -0.4 is 17.1 Å². The van der Waals surface area contributed by atoms with E-state index < -0.39 is 29.8 Å². The van der Waals surface area contributed by atoms with Gasteiger partial charge in [-0.1, -0.05) is 20.4 Å². The quantitative estimate of drug-likeness (QED) is 0.525. The second-order valence-corrected chi connectivity index (χ2v) is 4.92. The van der Waals surface area contributed by atoms with Crippen molar-refractivity contribution in [2.45, 2.75) is 53.4 Å². The summed E-state index contributed by atoms with van der Waals surface area (Å²) in [5.74, 6) is -0.707. The molecule has 0 saturated carbocycles. The zero-order valence-electron chi connectivity index (χ0n) is 13.1. The molecule has 0 bridgehead atoms. The van der Waals surface area contributed by atoms with Crippen LogP contribution in [0.4, 0.5) is 0 Å². The molecule has 0 amide bonds. The highest BCUT2D eigenvalue weighted by Crippen LogP contribution is 1.92. The van der Waals surface area contributed by atoms with Crippen LogP contribution in [0.2, 0.25) is 0 Å². The molecular weight excluding hydrogens is 290 g/mol. The molecule has 0 saturated heterocycles. The Labute approximate surface area is 127 Å². The van der Waals surface area contributed by atoms with Crippen LogP contribution in [0.5, 0.6) is 0 Å². The van der Waals surface area contributed by atoms with Gasteiger partial charge in [-0.25, -0.2) is 32.9 Å². The first-order valence-corrected chi connectivity index (χ1v) is 7.12. The molecule has 1 heterocycles. The lowest BCUT2D eigenvalue weighted by Gasteiger charge is -2.13. The standard InChI is InChI=1S/C14H21N3O5/c1-5-7-15-12(19)16(8-6-2)14(21)17(13(15)20)9-22-11(18)10(3)4/h3,5-9H2,1-2,4H3. The first kappa shape index (κ1) is 17.7. The van der Waals surface area contributed by atoms with Crippen LogP contribution in [0, 0.1) is 0 Å². The Hall–Kier alpha value is -2.38. The smallest absolute Gasteiger partial charge is 0.339 e. The molecule has 0 atom stereocenters. The van der Waals surface area contributed by atoms with Crippen molar-refractivity contribution in [3.63, 3.8) is 0 Å². The van der Waals surface area contributed by atoms with Crippen molar-refractivity contribution in [1.29, 1.82) is 0 Å². The summed E-state index contributed by atoms with van der Waals surface area (Å²) in [6.45, 7) is 8.34. The molecule has 0 N–H and O–H groups in total. The molecule has 122 valence electrons. The maximum atomic E-state index is 12.2. The number of hydrogen-bond donors (Lipinski definition) is 0. The predicted octanol–water partition coefficient (Wildman–Crippen LogP) is 0.0685. The molecule has 0 spiro atoms. The molecule has 0 radical (unpaired) electrons. The van der Waals surface area contributed by atoms with Crippen LogP contribution in [0.25, 0.3) is 0 Å². The van der Waals surface area contributed by atoms with Crippen molar-refractivity contribution < 1.29 is 9.53 Å². The SMILES string of the molecule is C=C(C)C(=O)OCn1c(=O)n(CCC)c(=O)n(CCC)c1=O. The highest BCUT2D eigenvalue weighted by Gasteiger charge is 2.15.